The number of nitrogens with one attached hydrogen (secondary N) is 2. The van der Waals surface area contributed by atoms with E-state index >= 15 is 0 Å². The second kappa shape index (κ2) is 5.54. The summed E-state index contributed by atoms with van der Waals surface area (Å²) in [4.78, 5) is 45.7. The molecule has 2 N–H and O–H groups in total. The number of hydrogen-bond donors (Lipinski definition) is 2. The molecule has 128 valence electrons. The zero-order chi connectivity index (χ0) is 17.6. The third-order valence-corrected chi connectivity index (χ3v) is 5.01. The lowest BCUT2D eigenvalue weighted by molar-refractivity contribution is -0.128. The van der Waals surface area contributed by atoms with Crippen LogP contribution in [0.4, 0.5) is 0 Å². The van der Waals surface area contributed by atoms with Gasteiger partial charge >= 0.3 is 0 Å². The maximum atomic E-state index is 12.9. The van der Waals surface area contributed by atoms with Crippen molar-refractivity contribution in [2.75, 3.05) is 13.1 Å². The fourth-order valence-electron chi connectivity index (χ4n) is 3.62. The molecule has 3 amide bonds. The summed E-state index contributed by atoms with van der Waals surface area (Å²) in [7, 11) is 0. The number of nitrogens with zero attached hydrogens (tertiary/aromatic N) is 2. The average Bonchev–Trinajstić information content (AvgIpc) is 3.27. The molecule has 1 atom stereocenters. The van der Waals surface area contributed by atoms with Gasteiger partial charge in [-0.2, -0.15) is 0 Å². The molecule has 0 saturated carbocycles. The Balaban J connectivity index is 1.57. The molecule has 0 unspecified atom stereocenters. The molecule has 2 saturated heterocycles. The van der Waals surface area contributed by atoms with Gasteiger partial charge in [-0.3, -0.25) is 19.7 Å². The smallest absolute Gasteiger partial charge is 0.274 e. The lowest BCUT2D eigenvalue weighted by Crippen LogP contribution is -2.37. The van der Waals surface area contributed by atoms with Gasteiger partial charge < -0.3 is 9.88 Å². The Hall–Kier alpha value is -2.96. The zero-order valence-corrected chi connectivity index (χ0v) is 13.8. The minimum Gasteiger partial charge on any atom is -0.341 e. The maximum absolute atomic E-state index is 12.9. The topological polar surface area (TPSA) is 95.2 Å². The highest BCUT2D eigenvalue weighted by molar-refractivity contribution is 6.06. The standard InChI is InChI=1S/C18H18N4O3/c1-11-14(21-15(19-11)12-5-3-2-4-6-12)16(24)22-8-7-18(10-22)9-13(23)20-17(18)25/h2-6H,7-10H2,1H3,(H,19,21)(H,20,23,25)/t18-/m0/s1. The van der Waals surface area contributed by atoms with Crippen molar-refractivity contribution in [2.45, 2.75) is 19.8 Å². The van der Waals surface area contributed by atoms with Gasteiger partial charge in [0, 0.05) is 30.8 Å². The van der Waals surface area contributed by atoms with Crippen molar-refractivity contribution >= 4 is 17.7 Å². The minimum atomic E-state index is -0.765. The largest absolute Gasteiger partial charge is 0.341 e. The Kier molecular flexibility index (Phi) is 3.45. The Labute approximate surface area is 144 Å². The van der Waals surface area contributed by atoms with Crippen LogP contribution in [0.1, 0.15) is 29.0 Å². The lowest BCUT2D eigenvalue weighted by atomic mass is 9.85. The van der Waals surface area contributed by atoms with Crippen LogP contribution in [0.2, 0.25) is 0 Å². The molecule has 0 bridgehead atoms. The number of aromatic nitrogens is 2. The van der Waals surface area contributed by atoms with Crippen molar-refractivity contribution in [2.24, 2.45) is 5.41 Å². The Bertz CT molecular complexity index is 874. The number of aryl methyl sites for hydroxylation is 1. The molecular formula is C18H18N4O3. The first-order chi connectivity index (χ1) is 12.0. The quantitative estimate of drug-likeness (QED) is 0.806. The number of carbonyl (C=O) groups is 3. The van der Waals surface area contributed by atoms with E-state index in [1.807, 2.05) is 37.3 Å². The maximum Gasteiger partial charge on any atom is 0.274 e. The molecule has 2 aliphatic heterocycles. The van der Waals surface area contributed by atoms with E-state index in [-0.39, 0.29) is 30.7 Å². The monoisotopic (exact) mass is 338 g/mol. The van der Waals surface area contributed by atoms with Gasteiger partial charge in [-0.15, -0.1) is 0 Å². The van der Waals surface area contributed by atoms with Crippen LogP contribution in [0.15, 0.2) is 30.3 Å². The molecule has 3 heterocycles. The first kappa shape index (κ1) is 15.6. The van der Waals surface area contributed by atoms with Crippen molar-refractivity contribution in [3.63, 3.8) is 0 Å². The van der Waals surface area contributed by atoms with Crippen LogP contribution in [0.25, 0.3) is 11.4 Å². The van der Waals surface area contributed by atoms with Crippen molar-refractivity contribution in [1.82, 2.24) is 20.2 Å². The molecule has 1 spiro atoms. The number of imidazole rings is 1. The summed E-state index contributed by atoms with van der Waals surface area (Å²) >= 11 is 0. The van der Waals surface area contributed by atoms with Gasteiger partial charge in [-0.25, -0.2) is 4.98 Å². The van der Waals surface area contributed by atoms with E-state index in [4.69, 9.17) is 0 Å². The molecule has 2 fully saturated rings. The number of imide groups is 1. The second-order valence-corrected chi connectivity index (χ2v) is 6.74. The molecule has 1 aromatic carbocycles. The molecule has 2 aromatic rings. The molecule has 2 aliphatic rings. The van der Waals surface area contributed by atoms with Gasteiger partial charge in [-0.05, 0) is 13.3 Å². The van der Waals surface area contributed by atoms with Crippen LogP contribution in [0, 0.1) is 12.3 Å². The number of amides is 3. The van der Waals surface area contributed by atoms with E-state index in [1.165, 1.54) is 0 Å². The van der Waals surface area contributed by atoms with Crippen molar-refractivity contribution < 1.29 is 14.4 Å². The summed E-state index contributed by atoms with van der Waals surface area (Å²) in [5.74, 6) is -0.0951. The molecule has 0 radical (unpaired) electrons. The van der Waals surface area contributed by atoms with E-state index in [1.54, 1.807) is 4.90 Å². The Morgan fingerprint density at radius 1 is 1.24 bits per heavy atom. The number of H-pyrrole nitrogens is 1. The van der Waals surface area contributed by atoms with Gasteiger partial charge in [0.25, 0.3) is 5.91 Å². The van der Waals surface area contributed by atoms with E-state index in [2.05, 4.69) is 15.3 Å². The normalized spacial score (nSPS) is 22.7. The van der Waals surface area contributed by atoms with Gasteiger partial charge in [0.2, 0.25) is 11.8 Å². The van der Waals surface area contributed by atoms with Gasteiger partial charge in [-0.1, -0.05) is 30.3 Å². The van der Waals surface area contributed by atoms with Crippen LogP contribution in [0.3, 0.4) is 0 Å². The molecule has 7 heteroatoms. The average molecular weight is 338 g/mol. The zero-order valence-electron chi connectivity index (χ0n) is 13.8. The molecular weight excluding hydrogens is 320 g/mol. The summed E-state index contributed by atoms with van der Waals surface area (Å²) in [5.41, 5.74) is 1.19. The predicted octanol–water partition coefficient (Wildman–Crippen LogP) is 1.26. The van der Waals surface area contributed by atoms with Crippen LogP contribution in [0.5, 0.6) is 0 Å². The third kappa shape index (κ3) is 2.52. The van der Waals surface area contributed by atoms with Crippen LogP contribution in [-0.2, 0) is 9.59 Å². The van der Waals surface area contributed by atoms with Crippen molar-refractivity contribution in [1.29, 1.82) is 0 Å². The summed E-state index contributed by atoms with van der Waals surface area (Å²) < 4.78 is 0. The fourth-order valence-corrected chi connectivity index (χ4v) is 3.62. The molecule has 1 aromatic heterocycles. The van der Waals surface area contributed by atoms with Crippen LogP contribution in [-0.4, -0.2) is 45.7 Å². The molecule has 25 heavy (non-hydrogen) atoms. The van der Waals surface area contributed by atoms with E-state index in [0.29, 0.717) is 30.2 Å². The van der Waals surface area contributed by atoms with E-state index in [9.17, 15) is 14.4 Å². The minimum absolute atomic E-state index is 0.157. The number of likely N-dealkylation sites (tertiary alicyclic amines) is 1. The highest BCUT2D eigenvalue weighted by Crippen LogP contribution is 2.38. The number of aromatic amines is 1. The molecule has 0 aliphatic carbocycles. The first-order valence-electron chi connectivity index (χ1n) is 8.24. The highest BCUT2D eigenvalue weighted by atomic mass is 16.2. The summed E-state index contributed by atoms with van der Waals surface area (Å²) in [6.07, 6.45) is 0.662. The predicted molar refractivity (Wildman–Crippen MR) is 89.5 cm³/mol. The van der Waals surface area contributed by atoms with Crippen LogP contribution < -0.4 is 5.32 Å². The molecule has 7 nitrogen and oxygen atoms in total. The molecule has 4 rings (SSSR count). The fraction of sp³-hybridized carbons (Fsp3) is 0.333. The lowest BCUT2D eigenvalue weighted by Gasteiger charge is -2.19. The highest BCUT2D eigenvalue weighted by Gasteiger charge is 2.52. The van der Waals surface area contributed by atoms with E-state index in [0.717, 1.165) is 5.56 Å². The summed E-state index contributed by atoms with van der Waals surface area (Å²) in [5, 5.41) is 2.35. The van der Waals surface area contributed by atoms with Crippen molar-refractivity contribution in [3.05, 3.63) is 41.7 Å². The van der Waals surface area contributed by atoms with Crippen LogP contribution >= 0.6 is 0 Å². The van der Waals surface area contributed by atoms with Gasteiger partial charge in [0.1, 0.15) is 11.5 Å². The van der Waals surface area contributed by atoms with Gasteiger partial charge in [0.05, 0.1) is 5.41 Å². The first-order valence-corrected chi connectivity index (χ1v) is 8.24. The van der Waals surface area contributed by atoms with Gasteiger partial charge in [0.15, 0.2) is 0 Å². The summed E-state index contributed by atoms with van der Waals surface area (Å²) in [6.45, 7) is 2.52. The number of benzene rings is 1. The second-order valence-electron chi connectivity index (χ2n) is 6.74. The number of rotatable bonds is 2. The number of hydrogen-bond acceptors (Lipinski definition) is 4. The summed E-state index contributed by atoms with van der Waals surface area (Å²) in [6, 6.07) is 9.59. The van der Waals surface area contributed by atoms with Crippen molar-refractivity contribution in [3.8, 4) is 11.4 Å². The van der Waals surface area contributed by atoms with E-state index < -0.39 is 5.41 Å². The third-order valence-electron chi connectivity index (χ3n) is 5.01. The Morgan fingerprint density at radius 2 is 2.00 bits per heavy atom. The SMILES string of the molecule is Cc1[nH]c(-c2ccccc2)nc1C(=O)N1CC[C@]2(CC(=O)NC2=O)C1. The Morgan fingerprint density at radius 3 is 2.68 bits per heavy atom. The number of carbonyl (C=O) groups excluding carboxylic acids is 3.